The number of carbonyl (C=O) groups excluding carboxylic acids is 2. The van der Waals surface area contributed by atoms with Gasteiger partial charge in [-0.2, -0.15) is 0 Å². The lowest BCUT2D eigenvalue weighted by molar-refractivity contribution is -0.155. The lowest BCUT2D eigenvalue weighted by Crippen LogP contribution is -2.28. The molecule has 0 radical (unpaired) electrons. The average molecular weight is 282 g/mol. The molecule has 1 rings (SSSR count). The Balaban J connectivity index is 2.18. The molecule has 0 bridgehead atoms. The molecule has 7 nitrogen and oxygen atoms in total. The summed E-state index contributed by atoms with van der Waals surface area (Å²) in [5.41, 5.74) is -0.515. The molecular formula is C13H22N4O3. The van der Waals surface area contributed by atoms with E-state index in [0.29, 0.717) is 13.0 Å². The highest BCUT2D eigenvalue weighted by Gasteiger charge is 2.16. The van der Waals surface area contributed by atoms with Gasteiger partial charge in [0.2, 0.25) is 5.91 Å². The summed E-state index contributed by atoms with van der Waals surface area (Å²) in [6.45, 7) is 5.86. The molecular weight excluding hydrogens is 260 g/mol. The molecule has 0 saturated heterocycles. The molecule has 20 heavy (non-hydrogen) atoms. The summed E-state index contributed by atoms with van der Waals surface area (Å²) in [6.07, 6.45) is 2.44. The summed E-state index contributed by atoms with van der Waals surface area (Å²) < 4.78 is 6.93. The van der Waals surface area contributed by atoms with Crippen molar-refractivity contribution in [3.05, 3.63) is 12.2 Å². The zero-order chi connectivity index (χ0) is 15.2. The fourth-order valence-corrected chi connectivity index (χ4v) is 1.54. The maximum Gasteiger partial charge on any atom is 0.306 e. The van der Waals surface area contributed by atoms with Crippen LogP contribution >= 0.6 is 0 Å². The molecule has 7 heteroatoms. The Labute approximate surface area is 118 Å². The van der Waals surface area contributed by atoms with Crippen LogP contribution in [0.25, 0.3) is 0 Å². The first-order valence-corrected chi connectivity index (χ1v) is 6.59. The van der Waals surface area contributed by atoms with Gasteiger partial charge >= 0.3 is 5.97 Å². The average Bonchev–Trinajstić information content (AvgIpc) is 2.70. The fraction of sp³-hybridized carbons (Fsp3) is 0.692. The van der Waals surface area contributed by atoms with Gasteiger partial charge in [0.05, 0.1) is 6.42 Å². The number of carbonyl (C=O) groups is 2. The first-order valence-electron chi connectivity index (χ1n) is 6.59. The van der Waals surface area contributed by atoms with E-state index in [1.54, 1.807) is 31.7 Å². The van der Waals surface area contributed by atoms with Crippen molar-refractivity contribution in [3.63, 3.8) is 0 Å². The van der Waals surface area contributed by atoms with Crippen LogP contribution in [0.2, 0.25) is 0 Å². The highest BCUT2D eigenvalue weighted by atomic mass is 16.6. The van der Waals surface area contributed by atoms with Crippen LogP contribution in [0.1, 0.15) is 39.4 Å². The third kappa shape index (κ3) is 6.31. The van der Waals surface area contributed by atoms with Crippen molar-refractivity contribution in [3.8, 4) is 0 Å². The molecule has 0 aliphatic heterocycles. The predicted octanol–water partition coefficient (Wildman–Crippen LogP) is 0.596. The van der Waals surface area contributed by atoms with Gasteiger partial charge < -0.3 is 14.6 Å². The van der Waals surface area contributed by atoms with Gasteiger partial charge in [0, 0.05) is 26.4 Å². The Hall–Kier alpha value is -1.92. The number of aryl methyl sites for hydroxylation is 1. The van der Waals surface area contributed by atoms with E-state index in [2.05, 4.69) is 15.5 Å². The number of nitrogens with one attached hydrogen (secondary N) is 1. The third-order valence-corrected chi connectivity index (χ3v) is 2.45. The molecule has 0 aliphatic carbocycles. The minimum Gasteiger partial charge on any atom is -0.460 e. The molecule has 1 amide bonds. The summed E-state index contributed by atoms with van der Waals surface area (Å²) >= 11 is 0. The first-order chi connectivity index (χ1) is 9.28. The second-order valence-corrected chi connectivity index (χ2v) is 5.54. The summed E-state index contributed by atoms with van der Waals surface area (Å²) in [5, 5.41) is 10.4. The zero-order valence-corrected chi connectivity index (χ0v) is 12.5. The highest BCUT2D eigenvalue weighted by Crippen LogP contribution is 2.08. The van der Waals surface area contributed by atoms with Crippen LogP contribution in [0.5, 0.6) is 0 Å². The van der Waals surface area contributed by atoms with E-state index >= 15 is 0 Å². The van der Waals surface area contributed by atoms with Crippen LogP contribution in [0.3, 0.4) is 0 Å². The molecule has 0 saturated carbocycles. The van der Waals surface area contributed by atoms with Gasteiger partial charge in [-0.3, -0.25) is 9.59 Å². The Morgan fingerprint density at radius 2 is 2.05 bits per heavy atom. The Morgan fingerprint density at radius 1 is 1.35 bits per heavy atom. The van der Waals surface area contributed by atoms with Crippen molar-refractivity contribution < 1.29 is 14.3 Å². The second-order valence-electron chi connectivity index (χ2n) is 5.54. The van der Waals surface area contributed by atoms with E-state index in [9.17, 15) is 9.59 Å². The monoisotopic (exact) mass is 282 g/mol. The minimum atomic E-state index is -0.515. The molecule has 1 aromatic heterocycles. The van der Waals surface area contributed by atoms with E-state index in [0.717, 1.165) is 5.82 Å². The number of nitrogens with zero attached hydrogens (tertiary/aromatic N) is 3. The quantitative estimate of drug-likeness (QED) is 0.772. The standard InChI is InChI=1S/C13H22N4O3/c1-13(2,3)20-12(19)6-5-11(18)14-8-7-10-16-15-9-17(10)4/h9H,5-8H2,1-4H3,(H,14,18). The molecule has 0 aliphatic rings. The molecule has 0 aromatic carbocycles. The SMILES string of the molecule is Cn1cnnc1CCNC(=O)CCC(=O)OC(C)(C)C. The largest absolute Gasteiger partial charge is 0.460 e. The van der Waals surface area contributed by atoms with Crippen LogP contribution in [-0.4, -0.2) is 38.8 Å². The van der Waals surface area contributed by atoms with Gasteiger partial charge in [0.25, 0.3) is 0 Å². The number of hydrogen-bond acceptors (Lipinski definition) is 5. The van der Waals surface area contributed by atoms with Gasteiger partial charge in [-0.1, -0.05) is 0 Å². The number of hydrogen-bond donors (Lipinski definition) is 1. The van der Waals surface area contributed by atoms with E-state index in [1.165, 1.54) is 0 Å². The molecule has 112 valence electrons. The lowest BCUT2D eigenvalue weighted by Gasteiger charge is -2.19. The molecule has 0 unspecified atom stereocenters. The van der Waals surface area contributed by atoms with E-state index < -0.39 is 5.60 Å². The topological polar surface area (TPSA) is 86.1 Å². The smallest absolute Gasteiger partial charge is 0.306 e. The van der Waals surface area contributed by atoms with Crippen molar-refractivity contribution in [2.75, 3.05) is 6.54 Å². The highest BCUT2D eigenvalue weighted by molar-refractivity contribution is 5.81. The van der Waals surface area contributed by atoms with Crippen molar-refractivity contribution in [1.29, 1.82) is 0 Å². The Kier molecular flexibility index (Phi) is 5.66. The summed E-state index contributed by atoms with van der Waals surface area (Å²) in [4.78, 5) is 23.0. The number of aromatic nitrogens is 3. The first kappa shape index (κ1) is 16.1. The molecule has 0 fully saturated rings. The summed E-state index contributed by atoms with van der Waals surface area (Å²) in [5.74, 6) is 0.274. The molecule has 1 heterocycles. The normalized spacial score (nSPS) is 11.2. The molecule has 0 atom stereocenters. The Bertz CT molecular complexity index is 462. The summed E-state index contributed by atoms with van der Waals surface area (Å²) in [6, 6.07) is 0. The van der Waals surface area contributed by atoms with Crippen molar-refractivity contribution in [2.45, 2.75) is 45.6 Å². The van der Waals surface area contributed by atoms with Crippen LogP contribution in [-0.2, 0) is 27.8 Å². The maximum atomic E-state index is 11.6. The number of rotatable bonds is 6. The van der Waals surface area contributed by atoms with Crippen molar-refractivity contribution >= 4 is 11.9 Å². The van der Waals surface area contributed by atoms with Gasteiger partial charge in [-0.05, 0) is 20.8 Å². The van der Waals surface area contributed by atoms with Crippen molar-refractivity contribution in [1.82, 2.24) is 20.1 Å². The van der Waals surface area contributed by atoms with Crippen LogP contribution in [0, 0.1) is 0 Å². The number of amides is 1. The molecule has 0 spiro atoms. The van der Waals surface area contributed by atoms with Crippen LogP contribution < -0.4 is 5.32 Å². The number of esters is 1. The van der Waals surface area contributed by atoms with Gasteiger partial charge in [-0.25, -0.2) is 0 Å². The third-order valence-electron chi connectivity index (χ3n) is 2.45. The van der Waals surface area contributed by atoms with Crippen molar-refractivity contribution in [2.24, 2.45) is 7.05 Å². The van der Waals surface area contributed by atoms with E-state index in [1.807, 2.05) is 7.05 Å². The summed E-state index contributed by atoms with van der Waals surface area (Å²) in [7, 11) is 1.85. The Morgan fingerprint density at radius 3 is 2.60 bits per heavy atom. The van der Waals surface area contributed by atoms with Gasteiger partial charge in [0.1, 0.15) is 17.8 Å². The van der Waals surface area contributed by atoms with Gasteiger partial charge in [0.15, 0.2) is 0 Å². The maximum absolute atomic E-state index is 11.6. The van der Waals surface area contributed by atoms with Crippen LogP contribution in [0.4, 0.5) is 0 Å². The molecule has 1 N–H and O–H groups in total. The van der Waals surface area contributed by atoms with E-state index in [-0.39, 0.29) is 24.7 Å². The van der Waals surface area contributed by atoms with Gasteiger partial charge in [-0.15, -0.1) is 10.2 Å². The molecule has 1 aromatic rings. The second kappa shape index (κ2) is 7.02. The number of ether oxygens (including phenoxy) is 1. The lowest BCUT2D eigenvalue weighted by atomic mass is 10.2. The van der Waals surface area contributed by atoms with Crippen LogP contribution in [0.15, 0.2) is 6.33 Å². The predicted molar refractivity (Wildman–Crippen MR) is 72.8 cm³/mol. The minimum absolute atomic E-state index is 0.0903. The fourth-order valence-electron chi connectivity index (χ4n) is 1.54. The van der Waals surface area contributed by atoms with E-state index in [4.69, 9.17) is 4.74 Å². The zero-order valence-electron chi connectivity index (χ0n) is 12.5.